The van der Waals surface area contributed by atoms with Crippen molar-refractivity contribution in [3.63, 3.8) is 0 Å². The minimum Gasteiger partial charge on any atom is -0.364 e. The Balaban J connectivity index is 3.59. The van der Waals surface area contributed by atoms with Gasteiger partial charge in [-0.05, 0) is 13.3 Å². The van der Waals surface area contributed by atoms with Crippen LogP contribution in [0.2, 0.25) is 0 Å². The molecule has 0 atom stereocenters. The predicted octanol–water partition coefficient (Wildman–Crippen LogP) is 1.38. The van der Waals surface area contributed by atoms with E-state index in [-0.39, 0.29) is 0 Å². The van der Waals surface area contributed by atoms with E-state index in [1.54, 1.807) is 0 Å². The Kier molecular flexibility index (Phi) is 4.10. The topological polar surface area (TPSA) is 15.6 Å². The Labute approximate surface area is 57.6 Å². The second-order valence-electron chi connectivity index (χ2n) is 2.19. The summed E-state index contributed by atoms with van der Waals surface area (Å²) in [5, 5.41) is 0. The molecule has 9 heavy (non-hydrogen) atoms. The van der Waals surface area contributed by atoms with Gasteiger partial charge >= 0.3 is 0 Å². The lowest BCUT2D eigenvalue weighted by atomic mass is 10.4. The molecular weight excluding hydrogens is 112 g/mol. The quantitative estimate of drug-likeness (QED) is 0.405. The van der Waals surface area contributed by atoms with E-state index in [9.17, 15) is 0 Å². The molecule has 0 aromatic carbocycles. The molecule has 0 saturated carbocycles. The standard InChI is InChI=1S/C7H16N2/c1-5-6-9(4)7(2)8-3/h5-6H2,1-4H3/b8-7-. The van der Waals surface area contributed by atoms with Gasteiger partial charge in [-0.1, -0.05) is 6.92 Å². The highest BCUT2D eigenvalue weighted by Crippen LogP contribution is 1.87. The van der Waals surface area contributed by atoms with Crippen LogP contribution < -0.4 is 0 Å². The largest absolute Gasteiger partial charge is 0.364 e. The first-order chi connectivity index (χ1) is 4.22. The summed E-state index contributed by atoms with van der Waals surface area (Å²) < 4.78 is 0. The summed E-state index contributed by atoms with van der Waals surface area (Å²) >= 11 is 0. The lowest BCUT2D eigenvalue weighted by molar-refractivity contribution is 0.497. The third-order valence-electron chi connectivity index (χ3n) is 1.44. The molecule has 0 bridgehead atoms. The SMILES string of the molecule is CCCN(C)/C(C)=N\C. The first-order valence-corrected chi connectivity index (χ1v) is 3.36. The zero-order valence-electron chi connectivity index (χ0n) is 6.81. The van der Waals surface area contributed by atoms with Gasteiger partial charge in [0.05, 0.1) is 5.84 Å². The molecule has 0 spiro atoms. The molecule has 0 unspecified atom stereocenters. The molecule has 0 aliphatic carbocycles. The van der Waals surface area contributed by atoms with Gasteiger partial charge in [-0.15, -0.1) is 0 Å². The summed E-state index contributed by atoms with van der Waals surface area (Å²) in [6.45, 7) is 5.29. The normalized spacial score (nSPS) is 11.8. The Morgan fingerprint density at radius 3 is 2.44 bits per heavy atom. The van der Waals surface area contributed by atoms with E-state index in [2.05, 4.69) is 23.9 Å². The van der Waals surface area contributed by atoms with E-state index in [0.29, 0.717) is 0 Å². The van der Waals surface area contributed by atoms with Crippen LogP contribution in [0.1, 0.15) is 20.3 Å². The lowest BCUT2D eigenvalue weighted by Gasteiger charge is -2.16. The number of hydrogen-bond acceptors (Lipinski definition) is 1. The van der Waals surface area contributed by atoms with Gasteiger partial charge in [0.2, 0.25) is 0 Å². The van der Waals surface area contributed by atoms with Crippen molar-refractivity contribution >= 4 is 5.84 Å². The molecule has 0 amide bonds. The first-order valence-electron chi connectivity index (χ1n) is 3.36. The predicted molar refractivity (Wildman–Crippen MR) is 42.0 cm³/mol. The molecule has 54 valence electrons. The Morgan fingerprint density at radius 1 is 1.56 bits per heavy atom. The van der Waals surface area contributed by atoms with Crippen molar-refractivity contribution in [2.24, 2.45) is 4.99 Å². The Bertz CT molecular complexity index is 97.1. The fourth-order valence-corrected chi connectivity index (χ4v) is 0.668. The van der Waals surface area contributed by atoms with Crippen LogP contribution in [0.5, 0.6) is 0 Å². The average molecular weight is 128 g/mol. The van der Waals surface area contributed by atoms with Crippen molar-refractivity contribution in [3.05, 3.63) is 0 Å². The average Bonchev–Trinajstić information content (AvgIpc) is 1.87. The van der Waals surface area contributed by atoms with Crippen LogP contribution in [0.4, 0.5) is 0 Å². The molecule has 2 nitrogen and oxygen atoms in total. The number of hydrogen-bond donors (Lipinski definition) is 0. The number of aliphatic imine (C=N–C) groups is 1. The van der Waals surface area contributed by atoms with Gasteiger partial charge in [0, 0.05) is 20.6 Å². The monoisotopic (exact) mass is 128 g/mol. The fraction of sp³-hybridized carbons (Fsp3) is 0.857. The zero-order valence-corrected chi connectivity index (χ0v) is 6.81. The molecule has 2 heteroatoms. The van der Waals surface area contributed by atoms with Gasteiger partial charge in [-0.25, -0.2) is 0 Å². The second kappa shape index (κ2) is 4.36. The summed E-state index contributed by atoms with van der Waals surface area (Å²) in [4.78, 5) is 6.20. The van der Waals surface area contributed by atoms with Gasteiger partial charge in [0.15, 0.2) is 0 Å². The molecule has 0 N–H and O–H groups in total. The number of nitrogens with zero attached hydrogens (tertiary/aromatic N) is 2. The maximum absolute atomic E-state index is 4.05. The van der Waals surface area contributed by atoms with Gasteiger partial charge in [-0.2, -0.15) is 0 Å². The highest BCUT2D eigenvalue weighted by Gasteiger charge is 1.94. The molecule has 0 heterocycles. The van der Waals surface area contributed by atoms with Crippen LogP contribution >= 0.6 is 0 Å². The van der Waals surface area contributed by atoms with E-state index in [1.807, 2.05) is 14.0 Å². The molecule has 0 aromatic rings. The highest BCUT2D eigenvalue weighted by atomic mass is 15.1. The third kappa shape index (κ3) is 3.12. The van der Waals surface area contributed by atoms with E-state index in [4.69, 9.17) is 0 Å². The molecule has 0 saturated heterocycles. The maximum Gasteiger partial charge on any atom is 0.0951 e. The molecule has 0 aliphatic heterocycles. The summed E-state index contributed by atoms with van der Waals surface area (Å²) in [6, 6.07) is 0. The highest BCUT2D eigenvalue weighted by molar-refractivity contribution is 5.79. The van der Waals surface area contributed by atoms with Crippen LogP contribution in [-0.2, 0) is 0 Å². The van der Waals surface area contributed by atoms with Crippen molar-refractivity contribution in [2.45, 2.75) is 20.3 Å². The Hall–Kier alpha value is -0.530. The minimum atomic E-state index is 1.10. The zero-order chi connectivity index (χ0) is 7.28. The minimum absolute atomic E-state index is 1.10. The van der Waals surface area contributed by atoms with Crippen molar-refractivity contribution in [1.29, 1.82) is 0 Å². The molecular formula is C7H16N2. The van der Waals surface area contributed by atoms with Gasteiger partial charge in [0.25, 0.3) is 0 Å². The van der Waals surface area contributed by atoms with E-state index in [1.165, 1.54) is 6.42 Å². The van der Waals surface area contributed by atoms with Crippen molar-refractivity contribution in [2.75, 3.05) is 20.6 Å². The molecule has 0 aliphatic rings. The van der Waals surface area contributed by atoms with Gasteiger partial charge in [-0.3, -0.25) is 4.99 Å². The van der Waals surface area contributed by atoms with Crippen LogP contribution in [0.3, 0.4) is 0 Å². The third-order valence-corrected chi connectivity index (χ3v) is 1.44. The van der Waals surface area contributed by atoms with E-state index < -0.39 is 0 Å². The fourth-order valence-electron chi connectivity index (χ4n) is 0.668. The summed E-state index contributed by atoms with van der Waals surface area (Å²) in [6.07, 6.45) is 1.18. The molecule has 0 rings (SSSR count). The number of amidine groups is 1. The number of rotatable bonds is 2. The lowest BCUT2D eigenvalue weighted by Crippen LogP contribution is -2.24. The Morgan fingerprint density at radius 2 is 2.11 bits per heavy atom. The van der Waals surface area contributed by atoms with Crippen LogP contribution in [0.15, 0.2) is 4.99 Å². The second-order valence-corrected chi connectivity index (χ2v) is 2.19. The summed E-state index contributed by atoms with van der Waals surface area (Å²) in [5.41, 5.74) is 0. The van der Waals surface area contributed by atoms with Crippen LogP contribution in [0, 0.1) is 0 Å². The van der Waals surface area contributed by atoms with E-state index in [0.717, 1.165) is 12.4 Å². The van der Waals surface area contributed by atoms with E-state index >= 15 is 0 Å². The van der Waals surface area contributed by atoms with Crippen molar-refractivity contribution in [3.8, 4) is 0 Å². The summed E-state index contributed by atoms with van der Waals surface area (Å²) in [7, 11) is 3.88. The van der Waals surface area contributed by atoms with Gasteiger partial charge < -0.3 is 4.90 Å². The smallest absolute Gasteiger partial charge is 0.0951 e. The molecule has 0 fully saturated rings. The van der Waals surface area contributed by atoms with Crippen LogP contribution in [-0.4, -0.2) is 31.4 Å². The summed E-state index contributed by atoms with van der Waals surface area (Å²) in [5.74, 6) is 1.11. The molecule has 0 radical (unpaired) electrons. The molecule has 0 aromatic heterocycles. The van der Waals surface area contributed by atoms with Gasteiger partial charge in [0.1, 0.15) is 0 Å². The van der Waals surface area contributed by atoms with Crippen molar-refractivity contribution < 1.29 is 0 Å². The van der Waals surface area contributed by atoms with Crippen molar-refractivity contribution in [1.82, 2.24) is 4.90 Å². The van der Waals surface area contributed by atoms with Crippen LogP contribution in [0.25, 0.3) is 0 Å². The maximum atomic E-state index is 4.05. The first kappa shape index (κ1) is 8.47.